The van der Waals surface area contributed by atoms with Gasteiger partial charge in [0, 0.05) is 51.4 Å². The van der Waals surface area contributed by atoms with E-state index in [1.165, 1.54) is 0 Å². The summed E-state index contributed by atoms with van der Waals surface area (Å²) in [5, 5.41) is 3.57. The summed E-state index contributed by atoms with van der Waals surface area (Å²) in [6.45, 7) is 11.5. The standard InChI is InChI=1S/C15H30N4O2/c1-15(2,3)21-14(20)19-9-12(10-19)16-8-13-11-17(4)6-7-18(13)5/h12-13,16H,6-11H2,1-5H3. The molecule has 2 aliphatic rings. The van der Waals surface area contributed by atoms with E-state index in [1.54, 1.807) is 4.90 Å². The first-order valence-corrected chi connectivity index (χ1v) is 7.84. The Kier molecular flexibility index (Phi) is 5.11. The molecular weight excluding hydrogens is 268 g/mol. The molecule has 0 aromatic carbocycles. The number of likely N-dealkylation sites (tertiary alicyclic amines) is 1. The van der Waals surface area contributed by atoms with Crippen LogP contribution in [0.4, 0.5) is 4.79 Å². The van der Waals surface area contributed by atoms with E-state index in [4.69, 9.17) is 4.74 Å². The monoisotopic (exact) mass is 298 g/mol. The molecule has 2 fully saturated rings. The number of carbonyl (C=O) groups excluding carboxylic acids is 1. The van der Waals surface area contributed by atoms with Crippen LogP contribution < -0.4 is 5.32 Å². The van der Waals surface area contributed by atoms with Crippen LogP contribution in [0.3, 0.4) is 0 Å². The molecule has 0 aromatic rings. The molecular formula is C15H30N4O2. The lowest BCUT2D eigenvalue weighted by Gasteiger charge is -2.43. The molecule has 2 heterocycles. The van der Waals surface area contributed by atoms with Crippen molar-refractivity contribution in [3.63, 3.8) is 0 Å². The second-order valence-corrected chi connectivity index (χ2v) is 7.39. The normalized spacial score (nSPS) is 25.8. The van der Waals surface area contributed by atoms with Crippen molar-refractivity contribution < 1.29 is 9.53 Å². The van der Waals surface area contributed by atoms with Gasteiger partial charge >= 0.3 is 6.09 Å². The maximum absolute atomic E-state index is 11.8. The molecule has 0 aliphatic carbocycles. The van der Waals surface area contributed by atoms with Crippen molar-refractivity contribution in [3.05, 3.63) is 0 Å². The van der Waals surface area contributed by atoms with Gasteiger partial charge in [0.1, 0.15) is 5.60 Å². The highest BCUT2D eigenvalue weighted by molar-refractivity contribution is 5.69. The number of ether oxygens (including phenoxy) is 1. The summed E-state index contributed by atoms with van der Waals surface area (Å²) >= 11 is 0. The van der Waals surface area contributed by atoms with Gasteiger partial charge in [-0.25, -0.2) is 4.79 Å². The van der Waals surface area contributed by atoms with Crippen LogP contribution in [0, 0.1) is 0 Å². The molecule has 2 aliphatic heterocycles. The van der Waals surface area contributed by atoms with Crippen LogP contribution in [-0.4, -0.2) is 91.8 Å². The third-order valence-electron chi connectivity index (χ3n) is 4.16. The predicted molar refractivity (Wildman–Crippen MR) is 83.5 cm³/mol. The van der Waals surface area contributed by atoms with Crippen LogP contribution >= 0.6 is 0 Å². The quantitative estimate of drug-likeness (QED) is 0.819. The summed E-state index contributed by atoms with van der Waals surface area (Å²) in [5.74, 6) is 0. The summed E-state index contributed by atoms with van der Waals surface area (Å²) in [6.07, 6.45) is -0.199. The first kappa shape index (κ1) is 16.5. The van der Waals surface area contributed by atoms with Gasteiger partial charge in [0.25, 0.3) is 0 Å². The van der Waals surface area contributed by atoms with Crippen molar-refractivity contribution in [3.8, 4) is 0 Å². The third kappa shape index (κ3) is 4.83. The van der Waals surface area contributed by atoms with Crippen molar-refractivity contribution in [2.45, 2.75) is 38.5 Å². The molecule has 21 heavy (non-hydrogen) atoms. The number of piperazine rings is 1. The van der Waals surface area contributed by atoms with Gasteiger partial charge in [-0.3, -0.25) is 4.90 Å². The number of nitrogens with one attached hydrogen (secondary N) is 1. The number of hydrogen-bond acceptors (Lipinski definition) is 5. The summed E-state index contributed by atoms with van der Waals surface area (Å²) in [5.41, 5.74) is -0.412. The van der Waals surface area contributed by atoms with Gasteiger partial charge in [0.2, 0.25) is 0 Å². The molecule has 1 amide bonds. The first-order valence-electron chi connectivity index (χ1n) is 7.84. The third-order valence-corrected chi connectivity index (χ3v) is 4.16. The van der Waals surface area contributed by atoms with Crippen LogP contribution in [0.25, 0.3) is 0 Å². The fourth-order valence-corrected chi connectivity index (χ4v) is 2.71. The predicted octanol–water partition coefficient (Wildman–Crippen LogP) is 0.441. The van der Waals surface area contributed by atoms with Crippen LogP contribution in [0.15, 0.2) is 0 Å². The number of hydrogen-bond donors (Lipinski definition) is 1. The lowest BCUT2D eigenvalue weighted by molar-refractivity contribution is 0.00411. The van der Waals surface area contributed by atoms with Crippen molar-refractivity contribution in [1.82, 2.24) is 20.0 Å². The molecule has 122 valence electrons. The molecule has 1 unspecified atom stereocenters. The Morgan fingerprint density at radius 3 is 2.48 bits per heavy atom. The molecule has 2 rings (SSSR count). The Labute approximate surface area is 128 Å². The number of carbonyl (C=O) groups is 1. The zero-order chi connectivity index (χ0) is 15.6. The van der Waals surface area contributed by atoms with Gasteiger partial charge in [-0.15, -0.1) is 0 Å². The van der Waals surface area contributed by atoms with E-state index in [1.807, 2.05) is 20.8 Å². The lowest BCUT2D eigenvalue weighted by atomic mass is 10.1. The second kappa shape index (κ2) is 6.50. The van der Waals surface area contributed by atoms with Gasteiger partial charge in [-0.1, -0.05) is 0 Å². The first-order chi connectivity index (χ1) is 9.74. The van der Waals surface area contributed by atoms with Crippen LogP contribution in [0.2, 0.25) is 0 Å². The Bertz CT molecular complexity index is 363. The number of likely N-dealkylation sites (N-methyl/N-ethyl adjacent to an activating group) is 2. The molecule has 0 saturated carbocycles. The topological polar surface area (TPSA) is 48.0 Å². The van der Waals surface area contributed by atoms with Crippen molar-refractivity contribution in [1.29, 1.82) is 0 Å². The van der Waals surface area contributed by atoms with Gasteiger partial charge in [0.05, 0.1) is 0 Å². The summed E-state index contributed by atoms with van der Waals surface area (Å²) < 4.78 is 5.36. The Morgan fingerprint density at radius 2 is 1.86 bits per heavy atom. The maximum atomic E-state index is 11.8. The molecule has 1 atom stereocenters. The van der Waals surface area contributed by atoms with E-state index >= 15 is 0 Å². The molecule has 0 bridgehead atoms. The van der Waals surface area contributed by atoms with Crippen LogP contribution in [-0.2, 0) is 4.74 Å². The zero-order valence-electron chi connectivity index (χ0n) is 14.1. The second-order valence-electron chi connectivity index (χ2n) is 7.39. The average Bonchev–Trinajstić information content (AvgIpc) is 2.29. The van der Waals surface area contributed by atoms with Gasteiger partial charge in [-0.05, 0) is 34.9 Å². The Balaban J connectivity index is 1.65. The molecule has 6 heteroatoms. The highest BCUT2D eigenvalue weighted by atomic mass is 16.6. The molecule has 0 spiro atoms. The van der Waals surface area contributed by atoms with Crippen molar-refractivity contribution >= 4 is 6.09 Å². The summed E-state index contributed by atoms with van der Waals surface area (Å²) in [4.78, 5) is 18.4. The van der Waals surface area contributed by atoms with E-state index in [2.05, 4.69) is 29.2 Å². The molecule has 0 aromatic heterocycles. The van der Waals surface area contributed by atoms with E-state index < -0.39 is 5.60 Å². The van der Waals surface area contributed by atoms with Crippen LogP contribution in [0.1, 0.15) is 20.8 Å². The molecule has 6 nitrogen and oxygen atoms in total. The highest BCUT2D eigenvalue weighted by Gasteiger charge is 2.34. The summed E-state index contributed by atoms with van der Waals surface area (Å²) in [6, 6.07) is 0.956. The number of amides is 1. The smallest absolute Gasteiger partial charge is 0.410 e. The molecule has 2 saturated heterocycles. The Hall–Kier alpha value is -0.850. The SMILES string of the molecule is CN1CCN(C)C(CNC2CN(C(=O)OC(C)(C)C)C2)C1. The van der Waals surface area contributed by atoms with Gasteiger partial charge in [0.15, 0.2) is 0 Å². The fourth-order valence-electron chi connectivity index (χ4n) is 2.71. The number of rotatable bonds is 3. The maximum Gasteiger partial charge on any atom is 0.410 e. The molecule has 0 radical (unpaired) electrons. The lowest BCUT2D eigenvalue weighted by Crippen LogP contribution is -2.63. The molecule has 1 N–H and O–H groups in total. The van der Waals surface area contributed by atoms with E-state index in [9.17, 15) is 4.79 Å². The zero-order valence-corrected chi connectivity index (χ0v) is 14.1. The van der Waals surface area contributed by atoms with E-state index in [-0.39, 0.29) is 6.09 Å². The van der Waals surface area contributed by atoms with E-state index in [0.29, 0.717) is 12.1 Å². The Morgan fingerprint density at radius 1 is 1.19 bits per heavy atom. The fraction of sp³-hybridized carbons (Fsp3) is 0.933. The average molecular weight is 298 g/mol. The largest absolute Gasteiger partial charge is 0.444 e. The van der Waals surface area contributed by atoms with Crippen LogP contribution in [0.5, 0.6) is 0 Å². The summed E-state index contributed by atoms with van der Waals surface area (Å²) in [7, 11) is 4.36. The van der Waals surface area contributed by atoms with E-state index in [0.717, 1.165) is 39.3 Å². The minimum Gasteiger partial charge on any atom is -0.444 e. The minimum atomic E-state index is -0.412. The highest BCUT2D eigenvalue weighted by Crippen LogP contribution is 2.15. The van der Waals surface area contributed by atoms with Gasteiger partial charge < -0.3 is 19.9 Å². The van der Waals surface area contributed by atoms with Gasteiger partial charge in [-0.2, -0.15) is 0 Å². The minimum absolute atomic E-state index is 0.199. The van der Waals surface area contributed by atoms with Crippen molar-refractivity contribution in [2.24, 2.45) is 0 Å². The van der Waals surface area contributed by atoms with Crippen molar-refractivity contribution in [2.75, 3.05) is 53.4 Å². The number of nitrogens with zero attached hydrogens (tertiary/aromatic N) is 3.